The van der Waals surface area contributed by atoms with E-state index in [2.05, 4.69) is 79.7 Å². The lowest BCUT2D eigenvalue weighted by Crippen LogP contribution is -2.45. The minimum atomic E-state index is -0.177. The molecule has 0 amide bonds. The van der Waals surface area contributed by atoms with E-state index in [0.717, 1.165) is 67.6 Å². The lowest BCUT2D eigenvalue weighted by atomic mass is 9.68. The highest BCUT2D eigenvalue weighted by atomic mass is 16.5. The maximum Gasteiger partial charge on any atom is 0.127 e. The number of allylic oxidation sites excluding steroid dienone is 4. The molecule has 0 saturated heterocycles. The van der Waals surface area contributed by atoms with Crippen molar-refractivity contribution >= 4 is 0 Å². The first-order valence-electron chi connectivity index (χ1n) is 17.3. The Bertz CT molecular complexity index is 1410. The maximum absolute atomic E-state index is 10.7. The van der Waals surface area contributed by atoms with Crippen LogP contribution in [-0.2, 0) is 12.8 Å². The minimum Gasteiger partial charge on any atom is -0.507 e. The summed E-state index contributed by atoms with van der Waals surface area (Å²) in [6.07, 6.45) is 15.9. The molecule has 44 heavy (non-hydrogen) atoms. The zero-order chi connectivity index (χ0) is 31.8. The number of aromatic hydroxyl groups is 2. The van der Waals surface area contributed by atoms with Crippen LogP contribution in [0.1, 0.15) is 141 Å². The van der Waals surface area contributed by atoms with Gasteiger partial charge < -0.3 is 19.7 Å². The summed E-state index contributed by atoms with van der Waals surface area (Å²) in [6.45, 7) is 17.5. The van der Waals surface area contributed by atoms with Gasteiger partial charge in [-0.2, -0.15) is 0 Å². The maximum atomic E-state index is 10.7. The highest BCUT2D eigenvalue weighted by Gasteiger charge is 2.46. The molecule has 4 unspecified atom stereocenters. The number of aryl methyl sites for hydroxylation is 2. The second-order valence-electron chi connectivity index (χ2n) is 15.0. The van der Waals surface area contributed by atoms with E-state index < -0.39 is 0 Å². The van der Waals surface area contributed by atoms with Gasteiger partial charge in [-0.25, -0.2) is 0 Å². The second-order valence-corrected chi connectivity index (χ2v) is 15.0. The van der Waals surface area contributed by atoms with E-state index in [-0.39, 0.29) is 23.0 Å². The molecular weight excluding hydrogens is 544 g/mol. The molecule has 2 aliphatic carbocycles. The number of ether oxygens (including phenoxy) is 2. The SMILES string of the molecule is CCCCCc1cc(O)c2c(c1)OC(C)(C)C1CCC(C)=CC21.CCCc1cc(O)c2c(c1)OC(C)(C)C1CCC(C)=CC21. The smallest absolute Gasteiger partial charge is 0.127 e. The first kappa shape index (κ1) is 32.5. The van der Waals surface area contributed by atoms with Gasteiger partial charge in [-0.3, -0.25) is 0 Å². The van der Waals surface area contributed by atoms with Gasteiger partial charge in [0.2, 0.25) is 0 Å². The van der Waals surface area contributed by atoms with Gasteiger partial charge in [-0.1, -0.05) is 56.4 Å². The Morgan fingerprint density at radius 1 is 0.659 bits per heavy atom. The number of hydrogen-bond acceptors (Lipinski definition) is 4. The summed E-state index contributed by atoms with van der Waals surface area (Å²) in [5.74, 6) is 4.06. The third kappa shape index (κ3) is 6.56. The molecule has 0 aromatic heterocycles. The molecule has 4 heteroatoms. The van der Waals surface area contributed by atoms with Gasteiger partial charge in [0.05, 0.1) is 0 Å². The Morgan fingerprint density at radius 3 is 1.55 bits per heavy atom. The van der Waals surface area contributed by atoms with Crippen molar-refractivity contribution in [2.75, 3.05) is 0 Å². The van der Waals surface area contributed by atoms with Crippen LogP contribution in [0.5, 0.6) is 23.0 Å². The number of hydrogen-bond donors (Lipinski definition) is 2. The Balaban J connectivity index is 0.000000175. The molecule has 6 rings (SSSR count). The van der Waals surface area contributed by atoms with Crippen LogP contribution in [0.15, 0.2) is 47.6 Å². The summed E-state index contributed by atoms with van der Waals surface area (Å²) < 4.78 is 12.7. The average molecular weight is 601 g/mol. The molecule has 2 N–H and O–H groups in total. The third-order valence-corrected chi connectivity index (χ3v) is 10.7. The second kappa shape index (κ2) is 12.9. The van der Waals surface area contributed by atoms with Crippen molar-refractivity contribution in [1.29, 1.82) is 0 Å². The van der Waals surface area contributed by atoms with Crippen molar-refractivity contribution in [1.82, 2.24) is 0 Å². The van der Waals surface area contributed by atoms with E-state index in [1.807, 2.05) is 12.1 Å². The molecule has 2 aromatic rings. The third-order valence-electron chi connectivity index (χ3n) is 10.7. The van der Waals surface area contributed by atoms with Crippen molar-refractivity contribution in [3.63, 3.8) is 0 Å². The Morgan fingerprint density at radius 2 is 1.11 bits per heavy atom. The Labute approximate surface area is 266 Å². The molecule has 2 aliphatic heterocycles. The van der Waals surface area contributed by atoms with Crippen LogP contribution in [0.2, 0.25) is 0 Å². The summed E-state index contributed by atoms with van der Waals surface area (Å²) >= 11 is 0. The van der Waals surface area contributed by atoms with E-state index in [9.17, 15) is 10.2 Å². The Hall–Kier alpha value is -2.88. The van der Waals surface area contributed by atoms with Crippen LogP contribution in [0.4, 0.5) is 0 Å². The first-order chi connectivity index (χ1) is 20.8. The predicted octanol–water partition coefficient (Wildman–Crippen LogP) is 10.7. The number of fused-ring (bicyclic) bond motifs is 6. The fourth-order valence-corrected chi connectivity index (χ4v) is 8.31. The van der Waals surface area contributed by atoms with E-state index in [4.69, 9.17) is 9.47 Å². The molecule has 0 saturated carbocycles. The fourth-order valence-electron chi connectivity index (χ4n) is 8.31. The molecule has 240 valence electrons. The number of unbranched alkanes of at least 4 members (excludes halogenated alkanes) is 2. The summed E-state index contributed by atoms with van der Waals surface area (Å²) in [7, 11) is 0. The van der Waals surface area contributed by atoms with Crippen molar-refractivity contribution in [2.24, 2.45) is 11.8 Å². The predicted molar refractivity (Wildman–Crippen MR) is 181 cm³/mol. The van der Waals surface area contributed by atoms with Gasteiger partial charge in [0.15, 0.2) is 0 Å². The monoisotopic (exact) mass is 600 g/mol. The van der Waals surface area contributed by atoms with Gasteiger partial charge >= 0.3 is 0 Å². The molecule has 2 aromatic carbocycles. The highest BCUT2D eigenvalue weighted by molar-refractivity contribution is 5.55. The molecule has 4 aliphatic rings. The van der Waals surface area contributed by atoms with Crippen LogP contribution in [0.25, 0.3) is 0 Å². The van der Waals surface area contributed by atoms with E-state index in [1.54, 1.807) is 0 Å². The highest BCUT2D eigenvalue weighted by Crippen LogP contribution is 2.55. The molecule has 0 fully saturated rings. The zero-order valence-electron chi connectivity index (χ0n) is 28.6. The minimum absolute atomic E-state index is 0.174. The van der Waals surface area contributed by atoms with E-state index in [0.29, 0.717) is 23.3 Å². The van der Waals surface area contributed by atoms with Gasteiger partial charge in [0.25, 0.3) is 0 Å². The lowest BCUT2D eigenvalue weighted by Gasteiger charge is -2.46. The largest absolute Gasteiger partial charge is 0.507 e. The Kier molecular flexibility index (Phi) is 9.50. The van der Waals surface area contributed by atoms with Crippen LogP contribution in [0, 0.1) is 11.8 Å². The van der Waals surface area contributed by atoms with Crippen molar-refractivity contribution < 1.29 is 19.7 Å². The topological polar surface area (TPSA) is 58.9 Å². The lowest BCUT2D eigenvalue weighted by molar-refractivity contribution is 0.0104. The van der Waals surface area contributed by atoms with Crippen LogP contribution >= 0.6 is 0 Å². The van der Waals surface area contributed by atoms with Crippen LogP contribution < -0.4 is 9.47 Å². The molecule has 0 spiro atoms. The standard InChI is InChI=1S/C21H30O2.C19H26O2/c1-5-6-7-8-15-12-18(22)20-16-11-14(2)9-10-17(16)21(3,4)23-19(20)13-15;1-5-6-13-10-16(20)18-14-9-12(2)7-8-15(14)19(3,4)21-17(18)11-13/h11-13,16-17,22H,5-10H2,1-4H3;9-11,14-15,20H,5-8H2,1-4H3. The van der Waals surface area contributed by atoms with Crippen LogP contribution in [0.3, 0.4) is 0 Å². The zero-order valence-corrected chi connectivity index (χ0v) is 28.6. The van der Waals surface area contributed by atoms with Crippen LogP contribution in [-0.4, -0.2) is 21.4 Å². The van der Waals surface area contributed by atoms with Crippen molar-refractivity contribution in [3.8, 4) is 23.0 Å². The summed E-state index contributed by atoms with van der Waals surface area (Å²) in [5, 5.41) is 21.2. The summed E-state index contributed by atoms with van der Waals surface area (Å²) in [6, 6.07) is 8.19. The molecule has 4 nitrogen and oxygen atoms in total. The normalized spacial score (nSPS) is 25.7. The summed E-state index contributed by atoms with van der Waals surface area (Å²) in [4.78, 5) is 0. The fraction of sp³-hybridized carbons (Fsp3) is 0.600. The summed E-state index contributed by atoms with van der Waals surface area (Å²) in [5.41, 5.74) is 6.87. The van der Waals surface area contributed by atoms with Crippen molar-refractivity contribution in [2.45, 2.75) is 143 Å². The van der Waals surface area contributed by atoms with Crippen molar-refractivity contribution in [3.05, 3.63) is 69.8 Å². The van der Waals surface area contributed by atoms with E-state index in [1.165, 1.54) is 41.5 Å². The average Bonchev–Trinajstić information content (AvgIpc) is 2.92. The molecule has 4 atom stereocenters. The van der Waals surface area contributed by atoms with Gasteiger partial charge in [0.1, 0.15) is 34.2 Å². The van der Waals surface area contributed by atoms with Gasteiger partial charge in [0, 0.05) is 34.8 Å². The number of benzene rings is 2. The van der Waals surface area contributed by atoms with Gasteiger partial charge in [-0.15, -0.1) is 0 Å². The number of phenols is 2. The first-order valence-corrected chi connectivity index (χ1v) is 17.3. The quantitative estimate of drug-likeness (QED) is 0.256. The molecular formula is C40H56O4. The molecule has 0 bridgehead atoms. The van der Waals surface area contributed by atoms with E-state index >= 15 is 0 Å². The molecule has 2 heterocycles. The number of phenolic OH excluding ortho intramolecular Hbond substituents is 2. The van der Waals surface area contributed by atoms with Gasteiger partial charge in [-0.05, 0) is 122 Å². The number of rotatable bonds is 6. The molecule has 0 radical (unpaired) electrons.